The van der Waals surface area contributed by atoms with E-state index in [1.54, 1.807) is 0 Å². The number of hydrogen-bond acceptors (Lipinski definition) is 2. The minimum atomic E-state index is -0.126. The molecule has 1 aromatic carbocycles. The molecule has 2 unspecified atom stereocenters. The van der Waals surface area contributed by atoms with Crippen LogP contribution in [0, 0.1) is 11.3 Å². The fourth-order valence-electron chi connectivity index (χ4n) is 3.13. The van der Waals surface area contributed by atoms with Gasteiger partial charge in [0, 0.05) is 12.6 Å². The van der Waals surface area contributed by atoms with Crippen LogP contribution >= 0.6 is 0 Å². The first kappa shape index (κ1) is 13.6. The molecule has 1 saturated carbocycles. The molecule has 3 rings (SSSR count). The van der Waals surface area contributed by atoms with Crippen molar-refractivity contribution < 1.29 is 4.79 Å². The van der Waals surface area contributed by atoms with E-state index in [4.69, 9.17) is 0 Å². The van der Waals surface area contributed by atoms with Gasteiger partial charge >= 0.3 is 0 Å². The van der Waals surface area contributed by atoms with Gasteiger partial charge in [0.2, 0.25) is 5.91 Å². The van der Waals surface area contributed by atoms with Gasteiger partial charge in [-0.25, -0.2) is 0 Å². The first-order chi connectivity index (χ1) is 9.70. The Morgan fingerprint density at radius 3 is 2.75 bits per heavy atom. The van der Waals surface area contributed by atoms with Crippen molar-refractivity contribution in [2.75, 3.05) is 13.1 Å². The van der Waals surface area contributed by atoms with Crippen molar-refractivity contribution in [3.05, 3.63) is 35.9 Å². The molecule has 108 valence electrons. The molecule has 2 fully saturated rings. The minimum Gasteiger partial charge on any atom is -0.351 e. The largest absolute Gasteiger partial charge is 0.351 e. The summed E-state index contributed by atoms with van der Waals surface area (Å²) in [6.45, 7) is 4.22. The van der Waals surface area contributed by atoms with Crippen LogP contribution < -0.4 is 10.6 Å². The highest BCUT2D eigenvalue weighted by Crippen LogP contribution is 2.48. The third kappa shape index (κ3) is 2.88. The molecule has 0 bridgehead atoms. The Kier molecular flexibility index (Phi) is 3.79. The molecule has 1 heterocycles. The molecule has 3 nitrogen and oxygen atoms in total. The molecule has 0 radical (unpaired) electrons. The van der Waals surface area contributed by atoms with Gasteiger partial charge in [0.15, 0.2) is 0 Å². The highest BCUT2D eigenvalue weighted by atomic mass is 16.2. The number of nitrogens with one attached hydrogen (secondary N) is 2. The first-order valence-electron chi connectivity index (χ1n) is 7.75. The third-order valence-electron chi connectivity index (χ3n) is 4.86. The summed E-state index contributed by atoms with van der Waals surface area (Å²) < 4.78 is 0. The Labute approximate surface area is 121 Å². The van der Waals surface area contributed by atoms with Crippen LogP contribution in [0.3, 0.4) is 0 Å². The lowest BCUT2D eigenvalue weighted by molar-refractivity contribution is -0.127. The lowest BCUT2D eigenvalue weighted by Crippen LogP contribution is -2.52. The molecule has 0 aromatic heterocycles. The van der Waals surface area contributed by atoms with Crippen LogP contribution in [0.15, 0.2) is 30.3 Å². The van der Waals surface area contributed by atoms with E-state index < -0.39 is 0 Å². The second-order valence-corrected chi connectivity index (χ2v) is 6.49. The van der Waals surface area contributed by atoms with E-state index in [1.165, 1.54) is 5.56 Å². The summed E-state index contributed by atoms with van der Waals surface area (Å²) in [5.41, 5.74) is 1.15. The number of piperidine rings is 1. The van der Waals surface area contributed by atoms with E-state index in [2.05, 4.69) is 41.8 Å². The van der Waals surface area contributed by atoms with Crippen LogP contribution in [-0.4, -0.2) is 25.0 Å². The molecule has 3 heteroatoms. The number of rotatable bonds is 4. The zero-order valence-corrected chi connectivity index (χ0v) is 12.2. The van der Waals surface area contributed by atoms with Gasteiger partial charge in [0.25, 0.3) is 0 Å². The second kappa shape index (κ2) is 5.57. The molecule has 1 aliphatic carbocycles. The first-order valence-corrected chi connectivity index (χ1v) is 7.75. The smallest absolute Gasteiger partial charge is 0.226 e. The Morgan fingerprint density at radius 1 is 1.35 bits per heavy atom. The highest BCUT2D eigenvalue weighted by Gasteiger charge is 2.50. The van der Waals surface area contributed by atoms with Gasteiger partial charge in [0.1, 0.15) is 0 Å². The maximum Gasteiger partial charge on any atom is 0.226 e. The van der Waals surface area contributed by atoms with Crippen LogP contribution in [0.5, 0.6) is 0 Å². The zero-order valence-electron chi connectivity index (χ0n) is 12.2. The summed E-state index contributed by atoms with van der Waals surface area (Å²) in [4.78, 5) is 12.6. The fraction of sp³-hybridized carbons (Fsp3) is 0.588. The molecule has 1 amide bonds. The quantitative estimate of drug-likeness (QED) is 0.881. The van der Waals surface area contributed by atoms with Crippen LogP contribution in [0.4, 0.5) is 0 Å². The minimum absolute atomic E-state index is 0.126. The second-order valence-electron chi connectivity index (χ2n) is 6.49. The van der Waals surface area contributed by atoms with E-state index >= 15 is 0 Å². The van der Waals surface area contributed by atoms with E-state index in [0.29, 0.717) is 12.0 Å². The van der Waals surface area contributed by atoms with Crippen molar-refractivity contribution >= 4 is 5.91 Å². The number of amides is 1. The van der Waals surface area contributed by atoms with Crippen molar-refractivity contribution in [3.63, 3.8) is 0 Å². The molecule has 1 aromatic rings. The van der Waals surface area contributed by atoms with Gasteiger partial charge in [-0.1, -0.05) is 37.3 Å². The summed E-state index contributed by atoms with van der Waals surface area (Å²) in [5.74, 6) is 0.842. The van der Waals surface area contributed by atoms with Crippen molar-refractivity contribution in [3.8, 4) is 0 Å². The Morgan fingerprint density at radius 2 is 2.10 bits per heavy atom. The maximum atomic E-state index is 12.6. The molecule has 2 atom stereocenters. The van der Waals surface area contributed by atoms with Gasteiger partial charge in [0.05, 0.1) is 5.41 Å². The lowest BCUT2D eigenvalue weighted by Gasteiger charge is -2.31. The van der Waals surface area contributed by atoms with E-state index in [-0.39, 0.29) is 11.3 Å². The predicted molar refractivity (Wildman–Crippen MR) is 80.4 cm³/mol. The summed E-state index contributed by atoms with van der Waals surface area (Å²) in [6, 6.07) is 10.7. The molecular formula is C17H24N2O. The SMILES string of the molecule is CC1CCNCC1NC(=O)C1(Cc2ccccc2)CC1. The van der Waals surface area contributed by atoms with Crippen LogP contribution in [0.25, 0.3) is 0 Å². The van der Waals surface area contributed by atoms with Gasteiger partial charge in [-0.05, 0) is 43.7 Å². The maximum absolute atomic E-state index is 12.6. The zero-order chi connectivity index (χ0) is 14.0. The number of benzene rings is 1. The summed E-state index contributed by atoms with van der Waals surface area (Å²) in [7, 11) is 0. The van der Waals surface area contributed by atoms with Crippen molar-refractivity contribution in [1.29, 1.82) is 0 Å². The normalized spacial score (nSPS) is 27.9. The molecule has 0 spiro atoms. The molecule has 2 N–H and O–H groups in total. The van der Waals surface area contributed by atoms with Crippen LogP contribution in [-0.2, 0) is 11.2 Å². The van der Waals surface area contributed by atoms with Crippen LogP contribution in [0.2, 0.25) is 0 Å². The van der Waals surface area contributed by atoms with Gasteiger partial charge < -0.3 is 10.6 Å². The van der Waals surface area contributed by atoms with Crippen molar-refractivity contribution in [1.82, 2.24) is 10.6 Å². The number of carbonyl (C=O) groups excluding carboxylic acids is 1. The summed E-state index contributed by atoms with van der Waals surface area (Å²) in [6.07, 6.45) is 4.09. The third-order valence-corrected chi connectivity index (χ3v) is 4.86. The van der Waals surface area contributed by atoms with Gasteiger partial charge in [-0.15, -0.1) is 0 Å². The monoisotopic (exact) mass is 272 g/mol. The Hall–Kier alpha value is -1.35. The van der Waals surface area contributed by atoms with Gasteiger partial charge in [-0.2, -0.15) is 0 Å². The van der Waals surface area contributed by atoms with E-state index in [1.807, 2.05) is 6.07 Å². The average Bonchev–Trinajstić information content (AvgIpc) is 3.23. The molecule has 2 aliphatic rings. The Balaban J connectivity index is 1.61. The fourth-order valence-corrected chi connectivity index (χ4v) is 3.13. The standard InChI is InChI=1S/C17H24N2O/c1-13-7-10-18-12-15(13)19-16(20)17(8-9-17)11-14-5-3-2-4-6-14/h2-6,13,15,18H,7-12H2,1H3,(H,19,20). The van der Waals surface area contributed by atoms with Crippen molar-refractivity contribution in [2.24, 2.45) is 11.3 Å². The number of carbonyl (C=O) groups is 1. The van der Waals surface area contributed by atoms with Crippen LogP contribution in [0.1, 0.15) is 31.7 Å². The molecule has 1 saturated heterocycles. The molecule has 1 aliphatic heterocycles. The van der Waals surface area contributed by atoms with Gasteiger partial charge in [-0.3, -0.25) is 4.79 Å². The highest BCUT2D eigenvalue weighted by molar-refractivity contribution is 5.86. The molecule has 20 heavy (non-hydrogen) atoms. The average molecular weight is 272 g/mol. The van der Waals surface area contributed by atoms with Crippen molar-refractivity contribution in [2.45, 2.75) is 38.6 Å². The topological polar surface area (TPSA) is 41.1 Å². The van der Waals surface area contributed by atoms with E-state index in [9.17, 15) is 4.79 Å². The summed E-state index contributed by atoms with van der Waals surface area (Å²) in [5, 5.41) is 6.67. The Bertz CT molecular complexity index is 467. The number of hydrogen-bond donors (Lipinski definition) is 2. The lowest BCUT2D eigenvalue weighted by atomic mass is 9.91. The molecular weight excluding hydrogens is 248 g/mol. The predicted octanol–water partition coefficient (Wildman–Crippen LogP) is 2.12. The van der Waals surface area contributed by atoms with E-state index in [0.717, 1.165) is 38.8 Å². The summed E-state index contributed by atoms with van der Waals surface area (Å²) >= 11 is 0.